The van der Waals surface area contributed by atoms with Gasteiger partial charge in [0.2, 0.25) is 11.8 Å². The minimum Gasteiger partial charge on any atom is -0.474 e. The Bertz CT molecular complexity index is 436. The van der Waals surface area contributed by atoms with E-state index < -0.39 is 5.54 Å². The second kappa shape index (κ2) is 6.86. The Kier molecular flexibility index (Phi) is 5.75. The van der Waals surface area contributed by atoms with Gasteiger partial charge in [-0.05, 0) is 56.0 Å². The standard InChI is InChI=1S/C13H20BrN3O2/c1-13(2,16-11(18)8-17(3)4)9-19-12-10(14)6-5-7-15-12/h5-7H,8-9H2,1-4H3,(H,16,18). The van der Waals surface area contributed by atoms with Crippen LogP contribution in [0.15, 0.2) is 22.8 Å². The summed E-state index contributed by atoms with van der Waals surface area (Å²) >= 11 is 3.37. The smallest absolute Gasteiger partial charge is 0.234 e. The third kappa shape index (κ3) is 6.02. The van der Waals surface area contributed by atoms with E-state index >= 15 is 0 Å². The van der Waals surface area contributed by atoms with Crippen molar-refractivity contribution in [1.82, 2.24) is 15.2 Å². The van der Waals surface area contributed by atoms with Gasteiger partial charge in [0.25, 0.3) is 0 Å². The monoisotopic (exact) mass is 329 g/mol. The Balaban J connectivity index is 2.51. The molecule has 106 valence electrons. The maximum Gasteiger partial charge on any atom is 0.234 e. The van der Waals surface area contributed by atoms with Crippen LogP contribution in [0.25, 0.3) is 0 Å². The van der Waals surface area contributed by atoms with Gasteiger partial charge in [-0.3, -0.25) is 4.79 Å². The molecule has 0 aliphatic carbocycles. The van der Waals surface area contributed by atoms with Crippen LogP contribution in [0.3, 0.4) is 0 Å². The van der Waals surface area contributed by atoms with Crippen LogP contribution in [-0.4, -0.2) is 48.6 Å². The number of carbonyl (C=O) groups is 1. The highest BCUT2D eigenvalue weighted by molar-refractivity contribution is 9.10. The molecule has 0 aliphatic rings. The van der Waals surface area contributed by atoms with Gasteiger partial charge in [-0.15, -0.1) is 0 Å². The third-order valence-corrected chi connectivity index (χ3v) is 2.84. The molecule has 1 aromatic rings. The summed E-state index contributed by atoms with van der Waals surface area (Å²) < 4.78 is 6.42. The number of rotatable bonds is 6. The molecule has 5 nitrogen and oxygen atoms in total. The lowest BCUT2D eigenvalue weighted by atomic mass is 10.1. The molecule has 0 aromatic carbocycles. The molecule has 0 fully saturated rings. The molecule has 0 saturated heterocycles. The van der Waals surface area contributed by atoms with Gasteiger partial charge in [0.15, 0.2) is 0 Å². The summed E-state index contributed by atoms with van der Waals surface area (Å²) in [7, 11) is 3.71. The average molecular weight is 330 g/mol. The van der Waals surface area contributed by atoms with Crippen molar-refractivity contribution >= 4 is 21.8 Å². The van der Waals surface area contributed by atoms with Crippen LogP contribution < -0.4 is 10.1 Å². The second-order valence-electron chi connectivity index (χ2n) is 5.25. The van der Waals surface area contributed by atoms with Crippen molar-refractivity contribution in [3.8, 4) is 5.88 Å². The number of halogens is 1. The van der Waals surface area contributed by atoms with Gasteiger partial charge < -0.3 is 15.0 Å². The number of carbonyl (C=O) groups excluding carboxylic acids is 1. The lowest BCUT2D eigenvalue weighted by molar-refractivity contribution is -0.123. The maximum atomic E-state index is 11.7. The molecule has 6 heteroatoms. The fraction of sp³-hybridized carbons (Fsp3) is 0.538. The van der Waals surface area contributed by atoms with E-state index in [0.717, 1.165) is 4.47 Å². The van der Waals surface area contributed by atoms with Crippen molar-refractivity contribution in [1.29, 1.82) is 0 Å². The minimum absolute atomic E-state index is 0.0290. The summed E-state index contributed by atoms with van der Waals surface area (Å²) in [6.07, 6.45) is 1.66. The number of aromatic nitrogens is 1. The summed E-state index contributed by atoms with van der Waals surface area (Å²) in [6, 6.07) is 3.68. The fourth-order valence-corrected chi connectivity index (χ4v) is 1.84. The highest BCUT2D eigenvalue weighted by Crippen LogP contribution is 2.21. The number of ether oxygens (including phenoxy) is 1. The minimum atomic E-state index is -0.454. The van der Waals surface area contributed by atoms with Crippen molar-refractivity contribution < 1.29 is 9.53 Å². The largest absolute Gasteiger partial charge is 0.474 e. The molecule has 1 rings (SSSR count). The topological polar surface area (TPSA) is 54.5 Å². The molecule has 0 unspecified atom stereocenters. The zero-order valence-corrected chi connectivity index (χ0v) is 13.3. The van der Waals surface area contributed by atoms with Crippen molar-refractivity contribution in [3.63, 3.8) is 0 Å². The number of pyridine rings is 1. The Morgan fingerprint density at radius 1 is 1.53 bits per heavy atom. The molecule has 1 N–H and O–H groups in total. The molecule has 0 atom stereocenters. The molecule has 0 bridgehead atoms. The van der Waals surface area contributed by atoms with E-state index in [4.69, 9.17) is 4.74 Å². The normalized spacial score (nSPS) is 11.5. The van der Waals surface area contributed by atoms with E-state index in [1.807, 2.05) is 45.0 Å². The van der Waals surface area contributed by atoms with Gasteiger partial charge in [-0.25, -0.2) is 4.98 Å². The summed E-state index contributed by atoms with van der Waals surface area (Å²) in [4.78, 5) is 17.7. The summed E-state index contributed by atoms with van der Waals surface area (Å²) in [5, 5.41) is 2.93. The van der Waals surface area contributed by atoms with Gasteiger partial charge in [0.1, 0.15) is 6.61 Å². The zero-order valence-electron chi connectivity index (χ0n) is 11.7. The number of nitrogens with zero attached hydrogens (tertiary/aromatic N) is 2. The zero-order chi connectivity index (χ0) is 14.5. The lowest BCUT2D eigenvalue weighted by Gasteiger charge is -2.27. The Morgan fingerprint density at radius 2 is 2.21 bits per heavy atom. The van der Waals surface area contributed by atoms with Crippen LogP contribution in [0, 0.1) is 0 Å². The first kappa shape index (κ1) is 15.9. The molecule has 0 spiro atoms. The van der Waals surface area contributed by atoms with E-state index in [1.54, 1.807) is 6.20 Å². The van der Waals surface area contributed by atoms with E-state index in [0.29, 0.717) is 19.0 Å². The van der Waals surface area contributed by atoms with E-state index in [9.17, 15) is 4.79 Å². The first-order valence-electron chi connectivity index (χ1n) is 5.99. The molecule has 1 heterocycles. The Morgan fingerprint density at radius 3 is 2.79 bits per heavy atom. The number of nitrogens with one attached hydrogen (secondary N) is 1. The molecule has 19 heavy (non-hydrogen) atoms. The first-order chi connectivity index (χ1) is 8.80. The number of hydrogen-bond acceptors (Lipinski definition) is 4. The first-order valence-corrected chi connectivity index (χ1v) is 6.78. The predicted molar refractivity (Wildman–Crippen MR) is 78.2 cm³/mol. The lowest BCUT2D eigenvalue weighted by Crippen LogP contribution is -2.50. The van der Waals surface area contributed by atoms with Crippen molar-refractivity contribution in [2.24, 2.45) is 0 Å². The summed E-state index contributed by atoms with van der Waals surface area (Å²) in [6.45, 7) is 4.54. The van der Waals surface area contributed by atoms with Crippen LogP contribution in [0.5, 0.6) is 5.88 Å². The SMILES string of the molecule is CN(C)CC(=O)NC(C)(C)COc1ncccc1Br. The number of likely N-dealkylation sites (N-methyl/N-ethyl adjacent to an activating group) is 1. The Hall–Kier alpha value is -1.14. The average Bonchev–Trinajstić information content (AvgIpc) is 2.26. The van der Waals surface area contributed by atoms with Crippen LogP contribution in [0.2, 0.25) is 0 Å². The molecular formula is C13H20BrN3O2. The molecule has 1 aromatic heterocycles. The molecule has 0 saturated carbocycles. The van der Waals surface area contributed by atoms with Gasteiger partial charge in [0.05, 0.1) is 16.6 Å². The summed E-state index contributed by atoms with van der Waals surface area (Å²) in [5.74, 6) is 0.496. The Labute approximate surface area is 122 Å². The van der Waals surface area contributed by atoms with Crippen LogP contribution in [0.1, 0.15) is 13.8 Å². The fourth-order valence-electron chi connectivity index (χ4n) is 1.47. The van der Waals surface area contributed by atoms with E-state index in [2.05, 4.69) is 26.2 Å². The van der Waals surface area contributed by atoms with E-state index in [-0.39, 0.29) is 5.91 Å². The van der Waals surface area contributed by atoms with Gasteiger partial charge >= 0.3 is 0 Å². The predicted octanol–water partition coefficient (Wildman–Crippen LogP) is 1.68. The second-order valence-corrected chi connectivity index (χ2v) is 6.10. The van der Waals surface area contributed by atoms with Gasteiger partial charge in [-0.2, -0.15) is 0 Å². The molecule has 0 aliphatic heterocycles. The van der Waals surface area contributed by atoms with Crippen molar-refractivity contribution in [2.45, 2.75) is 19.4 Å². The highest BCUT2D eigenvalue weighted by Gasteiger charge is 2.22. The van der Waals surface area contributed by atoms with Gasteiger partial charge in [0, 0.05) is 6.20 Å². The van der Waals surface area contributed by atoms with Crippen molar-refractivity contribution in [3.05, 3.63) is 22.8 Å². The maximum absolute atomic E-state index is 11.7. The third-order valence-electron chi connectivity index (χ3n) is 2.23. The van der Waals surface area contributed by atoms with Crippen molar-refractivity contribution in [2.75, 3.05) is 27.2 Å². The molecule has 0 radical (unpaired) electrons. The van der Waals surface area contributed by atoms with Crippen LogP contribution in [-0.2, 0) is 4.79 Å². The van der Waals surface area contributed by atoms with Crippen LogP contribution >= 0.6 is 15.9 Å². The van der Waals surface area contributed by atoms with E-state index in [1.165, 1.54) is 0 Å². The molecular weight excluding hydrogens is 310 g/mol. The summed E-state index contributed by atoms with van der Waals surface area (Å²) in [5.41, 5.74) is -0.454. The number of hydrogen-bond donors (Lipinski definition) is 1. The molecule has 1 amide bonds. The van der Waals surface area contributed by atoms with Crippen LogP contribution in [0.4, 0.5) is 0 Å². The quantitative estimate of drug-likeness (QED) is 0.862. The number of amides is 1. The van der Waals surface area contributed by atoms with Gasteiger partial charge in [-0.1, -0.05) is 0 Å². The highest BCUT2D eigenvalue weighted by atomic mass is 79.9.